The molecule has 6 heteroatoms. The summed E-state index contributed by atoms with van der Waals surface area (Å²) in [5.74, 6) is 2.37. The van der Waals surface area contributed by atoms with Gasteiger partial charge in [0.25, 0.3) is 0 Å². The van der Waals surface area contributed by atoms with Crippen LogP contribution in [0.2, 0.25) is 0 Å². The van der Waals surface area contributed by atoms with Gasteiger partial charge in [-0.15, -0.1) is 0 Å². The summed E-state index contributed by atoms with van der Waals surface area (Å²) in [7, 11) is 0. The number of ether oxygens (including phenoxy) is 5. The summed E-state index contributed by atoms with van der Waals surface area (Å²) in [6, 6.07) is 6.22. The highest BCUT2D eigenvalue weighted by atomic mass is 16.7. The van der Waals surface area contributed by atoms with E-state index in [1.807, 2.05) is 6.07 Å². The molecule has 1 aromatic carbocycles. The first-order valence-corrected chi connectivity index (χ1v) is 10.2. The summed E-state index contributed by atoms with van der Waals surface area (Å²) in [6.45, 7) is 6.70. The van der Waals surface area contributed by atoms with Gasteiger partial charge < -0.3 is 23.7 Å². The predicted molar refractivity (Wildman–Crippen MR) is 99.0 cm³/mol. The van der Waals surface area contributed by atoms with Crippen molar-refractivity contribution in [2.75, 3.05) is 46.3 Å². The molecule has 1 spiro atoms. The van der Waals surface area contributed by atoms with Crippen LogP contribution in [0.4, 0.5) is 0 Å². The Morgan fingerprint density at radius 1 is 1.04 bits per heavy atom. The quantitative estimate of drug-likeness (QED) is 0.789. The minimum absolute atomic E-state index is 0.00503. The zero-order valence-corrected chi connectivity index (χ0v) is 15.9. The van der Waals surface area contributed by atoms with Crippen molar-refractivity contribution in [2.45, 2.75) is 43.9 Å². The Balaban J connectivity index is 1.10. The zero-order chi connectivity index (χ0) is 18.1. The molecule has 4 aliphatic heterocycles. The highest BCUT2D eigenvalue weighted by Crippen LogP contribution is 2.38. The van der Waals surface area contributed by atoms with Gasteiger partial charge in [-0.2, -0.15) is 0 Å². The molecule has 3 saturated heterocycles. The predicted octanol–water partition coefficient (Wildman–Crippen LogP) is 2.59. The first-order chi connectivity index (χ1) is 13.3. The minimum Gasteiger partial charge on any atom is -0.454 e. The number of benzene rings is 1. The molecule has 0 radical (unpaired) electrons. The Kier molecular flexibility index (Phi) is 4.98. The van der Waals surface area contributed by atoms with Gasteiger partial charge in [0, 0.05) is 52.5 Å². The minimum atomic E-state index is -0.00503. The van der Waals surface area contributed by atoms with Crippen molar-refractivity contribution < 1.29 is 23.7 Å². The average molecular weight is 375 g/mol. The molecule has 0 aromatic heterocycles. The summed E-state index contributed by atoms with van der Waals surface area (Å²) >= 11 is 0. The zero-order valence-electron chi connectivity index (χ0n) is 15.9. The van der Waals surface area contributed by atoms with Gasteiger partial charge in [0.05, 0.1) is 11.7 Å². The molecule has 5 rings (SSSR count). The molecule has 0 amide bonds. The van der Waals surface area contributed by atoms with Gasteiger partial charge in [0.15, 0.2) is 11.5 Å². The fourth-order valence-electron chi connectivity index (χ4n) is 4.71. The Bertz CT molecular complexity index is 654. The number of nitrogens with zero attached hydrogens (tertiary/aromatic N) is 1. The maximum Gasteiger partial charge on any atom is 0.231 e. The van der Waals surface area contributed by atoms with Crippen LogP contribution in [0.3, 0.4) is 0 Å². The highest BCUT2D eigenvalue weighted by molar-refractivity contribution is 5.44. The Morgan fingerprint density at radius 3 is 2.78 bits per heavy atom. The molecule has 0 aliphatic carbocycles. The van der Waals surface area contributed by atoms with Crippen LogP contribution >= 0.6 is 0 Å². The second-order valence-electron chi connectivity index (χ2n) is 8.37. The van der Waals surface area contributed by atoms with E-state index in [4.69, 9.17) is 23.7 Å². The van der Waals surface area contributed by atoms with E-state index in [9.17, 15) is 0 Å². The van der Waals surface area contributed by atoms with E-state index in [0.717, 1.165) is 83.2 Å². The number of hydrogen-bond acceptors (Lipinski definition) is 6. The molecule has 1 aromatic rings. The lowest BCUT2D eigenvalue weighted by Gasteiger charge is -2.53. The van der Waals surface area contributed by atoms with Crippen LogP contribution in [0.5, 0.6) is 11.5 Å². The van der Waals surface area contributed by atoms with Crippen LogP contribution in [-0.2, 0) is 20.8 Å². The van der Waals surface area contributed by atoms with E-state index in [1.165, 1.54) is 5.56 Å². The second kappa shape index (κ2) is 7.59. The molecule has 4 heterocycles. The molecule has 3 fully saturated rings. The van der Waals surface area contributed by atoms with Crippen molar-refractivity contribution in [1.82, 2.24) is 4.90 Å². The van der Waals surface area contributed by atoms with Gasteiger partial charge in [-0.05, 0) is 42.9 Å². The van der Waals surface area contributed by atoms with Crippen LogP contribution in [-0.4, -0.2) is 62.9 Å². The monoisotopic (exact) mass is 375 g/mol. The van der Waals surface area contributed by atoms with Crippen LogP contribution in [0.25, 0.3) is 0 Å². The van der Waals surface area contributed by atoms with Crippen molar-refractivity contribution in [3.63, 3.8) is 0 Å². The Labute approximate surface area is 160 Å². The third kappa shape index (κ3) is 3.94. The van der Waals surface area contributed by atoms with E-state index in [0.29, 0.717) is 18.8 Å². The first-order valence-electron chi connectivity index (χ1n) is 10.2. The van der Waals surface area contributed by atoms with Gasteiger partial charge in [-0.1, -0.05) is 6.07 Å². The standard InChI is InChI=1S/C21H29NO5/c1-2-19-20(26-15-25-19)9-17(1)11-22-13-21(14-22)10-18(5-8-27-21)24-12-16-3-6-23-7-4-16/h1-2,9,16,18H,3-8,10-15H2. The van der Waals surface area contributed by atoms with Crippen LogP contribution < -0.4 is 9.47 Å². The SMILES string of the molecule is c1cc2c(cc1CN1CC3(CC(OCC4CCOCC4)CCO3)C1)OCO2. The summed E-state index contributed by atoms with van der Waals surface area (Å²) in [5.41, 5.74) is 1.26. The average Bonchev–Trinajstić information content (AvgIpc) is 3.14. The van der Waals surface area contributed by atoms with Gasteiger partial charge in [0.2, 0.25) is 6.79 Å². The van der Waals surface area contributed by atoms with Crippen LogP contribution in [0, 0.1) is 5.92 Å². The number of likely N-dealkylation sites (tertiary alicyclic amines) is 1. The van der Waals surface area contributed by atoms with Gasteiger partial charge in [-0.25, -0.2) is 0 Å². The van der Waals surface area contributed by atoms with Crippen LogP contribution in [0.15, 0.2) is 18.2 Å². The third-order valence-corrected chi connectivity index (χ3v) is 6.22. The molecule has 148 valence electrons. The van der Waals surface area contributed by atoms with E-state index >= 15 is 0 Å². The summed E-state index contributed by atoms with van der Waals surface area (Å²) in [5, 5.41) is 0. The van der Waals surface area contributed by atoms with E-state index < -0.39 is 0 Å². The van der Waals surface area contributed by atoms with Crippen molar-refractivity contribution in [2.24, 2.45) is 5.92 Å². The largest absolute Gasteiger partial charge is 0.454 e. The van der Waals surface area contributed by atoms with Crippen molar-refractivity contribution in [3.05, 3.63) is 23.8 Å². The van der Waals surface area contributed by atoms with Crippen LogP contribution in [0.1, 0.15) is 31.2 Å². The summed E-state index contributed by atoms with van der Waals surface area (Å²) in [6.07, 6.45) is 4.66. The second-order valence-corrected chi connectivity index (χ2v) is 8.37. The molecule has 0 N–H and O–H groups in total. The molecule has 6 nitrogen and oxygen atoms in total. The Morgan fingerprint density at radius 2 is 1.89 bits per heavy atom. The molecule has 27 heavy (non-hydrogen) atoms. The highest BCUT2D eigenvalue weighted by Gasteiger charge is 2.47. The fourth-order valence-corrected chi connectivity index (χ4v) is 4.71. The van der Waals surface area contributed by atoms with Gasteiger partial charge in [0.1, 0.15) is 0 Å². The van der Waals surface area contributed by atoms with Gasteiger partial charge in [-0.3, -0.25) is 4.90 Å². The lowest BCUT2D eigenvalue weighted by Crippen LogP contribution is -2.65. The first kappa shape index (κ1) is 17.7. The molecule has 4 aliphatic rings. The normalized spacial score (nSPS) is 27.6. The number of rotatable bonds is 5. The topological polar surface area (TPSA) is 49.4 Å². The third-order valence-electron chi connectivity index (χ3n) is 6.22. The van der Waals surface area contributed by atoms with Crippen molar-refractivity contribution >= 4 is 0 Å². The van der Waals surface area contributed by atoms with Gasteiger partial charge >= 0.3 is 0 Å². The van der Waals surface area contributed by atoms with E-state index in [2.05, 4.69) is 17.0 Å². The molecule has 1 atom stereocenters. The van der Waals surface area contributed by atoms with E-state index in [-0.39, 0.29) is 5.60 Å². The molecule has 0 bridgehead atoms. The van der Waals surface area contributed by atoms with Crippen molar-refractivity contribution in [1.29, 1.82) is 0 Å². The number of fused-ring (bicyclic) bond motifs is 1. The van der Waals surface area contributed by atoms with Crippen molar-refractivity contribution in [3.8, 4) is 11.5 Å². The summed E-state index contributed by atoms with van der Waals surface area (Å²) in [4.78, 5) is 2.44. The fraction of sp³-hybridized carbons (Fsp3) is 0.714. The summed E-state index contributed by atoms with van der Waals surface area (Å²) < 4.78 is 28.8. The lowest BCUT2D eigenvalue weighted by atomic mass is 9.84. The smallest absolute Gasteiger partial charge is 0.231 e. The molecule has 1 unspecified atom stereocenters. The Hall–Kier alpha value is -1.34. The lowest BCUT2D eigenvalue weighted by molar-refractivity contribution is -0.201. The molecular weight excluding hydrogens is 346 g/mol. The van der Waals surface area contributed by atoms with E-state index in [1.54, 1.807) is 0 Å². The molecular formula is C21H29NO5. The number of hydrogen-bond donors (Lipinski definition) is 0. The maximum atomic E-state index is 6.27. The maximum absolute atomic E-state index is 6.27. The molecule has 0 saturated carbocycles.